The van der Waals surface area contributed by atoms with Gasteiger partial charge in [-0.1, -0.05) is 30.3 Å². The fourth-order valence-electron chi connectivity index (χ4n) is 2.70. The molecule has 2 aromatic rings. The summed E-state index contributed by atoms with van der Waals surface area (Å²) in [5, 5.41) is 6.10. The molecule has 0 spiro atoms. The van der Waals surface area contributed by atoms with Gasteiger partial charge in [-0.05, 0) is 42.8 Å². The zero-order valence-electron chi connectivity index (χ0n) is 12.6. The van der Waals surface area contributed by atoms with Gasteiger partial charge in [-0.2, -0.15) is 0 Å². The number of carbonyl (C=O) groups excluding carboxylic acids is 1. The molecule has 0 saturated carbocycles. The van der Waals surface area contributed by atoms with Crippen LogP contribution in [0.25, 0.3) is 0 Å². The quantitative estimate of drug-likeness (QED) is 0.912. The lowest BCUT2D eigenvalue weighted by Crippen LogP contribution is -2.32. The van der Waals surface area contributed by atoms with Crippen LogP contribution in [0.3, 0.4) is 0 Å². The number of para-hydroxylation sites is 1. The third-order valence-electron chi connectivity index (χ3n) is 3.83. The molecule has 3 rings (SSSR count). The third-order valence-corrected chi connectivity index (χ3v) is 3.83. The molecule has 4 nitrogen and oxygen atoms in total. The van der Waals surface area contributed by atoms with E-state index in [0.717, 1.165) is 35.5 Å². The number of nitrogens with one attached hydrogen (secondary N) is 2. The third kappa shape index (κ3) is 3.28. The lowest BCUT2D eigenvalue weighted by molar-refractivity contribution is -0.121. The standard InChI is InChI=1S/C18H20N2O2/c1-19-11-13-5-4-7-16(9-13)20-18(21)15-10-14-6-2-3-8-17(14)22-12-15/h2-9,15,19H,10-12H2,1H3,(H,20,21). The molecule has 22 heavy (non-hydrogen) atoms. The van der Waals surface area contributed by atoms with Gasteiger partial charge in [0.2, 0.25) is 5.91 Å². The minimum Gasteiger partial charge on any atom is -0.492 e. The van der Waals surface area contributed by atoms with Crippen molar-refractivity contribution in [3.8, 4) is 5.75 Å². The Kier molecular flexibility index (Phi) is 4.39. The zero-order valence-corrected chi connectivity index (χ0v) is 12.6. The minimum atomic E-state index is -0.150. The molecule has 0 saturated heterocycles. The Hall–Kier alpha value is -2.33. The molecule has 114 valence electrons. The van der Waals surface area contributed by atoms with Gasteiger partial charge in [-0.25, -0.2) is 0 Å². The van der Waals surface area contributed by atoms with Crippen LogP contribution < -0.4 is 15.4 Å². The van der Waals surface area contributed by atoms with Crippen molar-refractivity contribution in [2.45, 2.75) is 13.0 Å². The maximum Gasteiger partial charge on any atom is 0.231 e. The molecule has 1 amide bonds. The maximum atomic E-state index is 12.4. The molecule has 1 aliphatic rings. The molecule has 4 heteroatoms. The fraction of sp³-hybridized carbons (Fsp3) is 0.278. The van der Waals surface area contributed by atoms with Crippen LogP contribution >= 0.6 is 0 Å². The van der Waals surface area contributed by atoms with Crippen molar-refractivity contribution < 1.29 is 9.53 Å². The maximum absolute atomic E-state index is 12.4. The summed E-state index contributed by atoms with van der Waals surface area (Å²) < 4.78 is 5.69. The summed E-state index contributed by atoms with van der Waals surface area (Å²) in [6.07, 6.45) is 0.720. The van der Waals surface area contributed by atoms with Crippen LogP contribution in [0.5, 0.6) is 5.75 Å². The molecule has 1 atom stereocenters. The SMILES string of the molecule is CNCc1cccc(NC(=O)C2COc3ccccc3C2)c1. The number of rotatable bonds is 4. The monoisotopic (exact) mass is 296 g/mol. The molecule has 1 heterocycles. The van der Waals surface area contributed by atoms with Crippen molar-refractivity contribution in [1.29, 1.82) is 0 Å². The van der Waals surface area contributed by atoms with Crippen LogP contribution in [0, 0.1) is 5.92 Å². The van der Waals surface area contributed by atoms with E-state index in [4.69, 9.17) is 4.74 Å². The van der Waals surface area contributed by atoms with Crippen LogP contribution in [0.15, 0.2) is 48.5 Å². The Bertz CT molecular complexity index is 670. The van der Waals surface area contributed by atoms with Gasteiger partial charge < -0.3 is 15.4 Å². The van der Waals surface area contributed by atoms with Gasteiger partial charge in [0.25, 0.3) is 0 Å². The second-order valence-electron chi connectivity index (χ2n) is 5.54. The number of hydrogen-bond donors (Lipinski definition) is 2. The minimum absolute atomic E-state index is 0.0103. The number of carbonyl (C=O) groups is 1. The zero-order chi connectivity index (χ0) is 15.4. The topological polar surface area (TPSA) is 50.4 Å². The molecule has 1 aliphatic heterocycles. The first-order chi connectivity index (χ1) is 10.8. The van der Waals surface area contributed by atoms with E-state index >= 15 is 0 Å². The summed E-state index contributed by atoms with van der Waals surface area (Å²) in [5.74, 6) is 0.751. The number of ether oxygens (including phenoxy) is 1. The predicted octanol–water partition coefficient (Wildman–Crippen LogP) is 2.60. The summed E-state index contributed by atoms with van der Waals surface area (Å²) in [6.45, 7) is 1.21. The first-order valence-corrected chi connectivity index (χ1v) is 7.51. The first-order valence-electron chi connectivity index (χ1n) is 7.51. The number of hydrogen-bond acceptors (Lipinski definition) is 3. The second-order valence-corrected chi connectivity index (χ2v) is 5.54. The smallest absolute Gasteiger partial charge is 0.231 e. The molecule has 0 bridgehead atoms. The molecule has 0 aromatic heterocycles. The lowest BCUT2D eigenvalue weighted by atomic mass is 9.96. The van der Waals surface area contributed by atoms with Gasteiger partial charge in [0, 0.05) is 12.2 Å². The van der Waals surface area contributed by atoms with E-state index < -0.39 is 0 Å². The highest BCUT2D eigenvalue weighted by Crippen LogP contribution is 2.27. The van der Waals surface area contributed by atoms with Gasteiger partial charge in [-0.3, -0.25) is 4.79 Å². The highest BCUT2D eigenvalue weighted by Gasteiger charge is 2.25. The molecule has 2 N–H and O–H groups in total. The average molecular weight is 296 g/mol. The molecular weight excluding hydrogens is 276 g/mol. The second kappa shape index (κ2) is 6.62. The Morgan fingerprint density at radius 1 is 1.23 bits per heavy atom. The van der Waals surface area contributed by atoms with Crippen molar-refractivity contribution in [3.05, 3.63) is 59.7 Å². The summed E-state index contributed by atoms with van der Waals surface area (Å²) in [6, 6.07) is 15.8. The lowest BCUT2D eigenvalue weighted by Gasteiger charge is -2.24. The Morgan fingerprint density at radius 3 is 2.95 bits per heavy atom. The van der Waals surface area contributed by atoms with E-state index in [9.17, 15) is 4.79 Å². The fourth-order valence-corrected chi connectivity index (χ4v) is 2.70. The molecule has 1 unspecified atom stereocenters. The molecule has 2 aromatic carbocycles. The van der Waals surface area contributed by atoms with E-state index in [-0.39, 0.29) is 11.8 Å². The summed E-state index contributed by atoms with van der Waals surface area (Å²) >= 11 is 0. The largest absolute Gasteiger partial charge is 0.492 e. The first kappa shape index (κ1) is 14.6. The van der Waals surface area contributed by atoms with E-state index in [0.29, 0.717) is 6.61 Å². The number of fused-ring (bicyclic) bond motifs is 1. The van der Waals surface area contributed by atoms with Crippen LogP contribution in [0.2, 0.25) is 0 Å². The Balaban J connectivity index is 1.67. The van der Waals surface area contributed by atoms with Crippen LogP contribution in [-0.4, -0.2) is 19.6 Å². The van der Waals surface area contributed by atoms with E-state index in [1.54, 1.807) is 0 Å². The summed E-state index contributed by atoms with van der Waals surface area (Å²) in [4.78, 5) is 12.4. The molecule has 0 radical (unpaired) electrons. The van der Waals surface area contributed by atoms with Gasteiger partial charge in [-0.15, -0.1) is 0 Å². The van der Waals surface area contributed by atoms with Crippen molar-refractivity contribution in [3.63, 3.8) is 0 Å². The summed E-state index contributed by atoms with van der Waals surface area (Å²) in [7, 11) is 1.90. The normalized spacial score (nSPS) is 16.5. The average Bonchev–Trinajstić information content (AvgIpc) is 2.55. The highest BCUT2D eigenvalue weighted by atomic mass is 16.5. The van der Waals surface area contributed by atoms with E-state index in [2.05, 4.69) is 10.6 Å². The van der Waals surface area contributed by atoms with Crippen LogP contribution in [0.4, 0.5) is 5.69 Å². The number of anilines is 1. The van der Waals surface area contributed by atoms with Gasteiger partial charge in [0.15, 0.2) is 0 Å². The van der Waals surface area contributed by atoms with Gasteiger partial charge >= 0.3 is 0 Å². The number of amides is 1. The Morgan fingerprint density at radius 2 is 2.09 bits per heavy atom. The Labute approximate surface area is 130 Å². The summed E-state index contributed by atoms with van der Waals surface area (Å²) in [5.41, 5.74) is 3.07. The van der Waals surface area contributed by atoms with Crippen molar-refractivity contribution >= 4 is 11.6 Å². The highest BCUT2D eigenvalue weighted by molar-refractivity contribution is 5.93. The van der Waals surface area contributed by atoms with E-state index in [1.807, 2.05) is 55.6 Å². The predicted molar refractivity (Wildman–Crippen MR) is 87.0 cm³/mol. The van der Waals surface area contributed by atoms with Gasteiger partial charge in [0.1, 0.15) is 12.4 Å². The number of benzene rings is 2. The van der Waals surface area contributed by atoms with Crippen molar-refractivity contribution in [1.82, 2.24) is 5.32 Å². The molecule has 0 aliphatic carbocycles. The van der Waals surface area contributed by atoms with Crippen LogP contribution in [-0.2, 0) is 17.8 Å². The molecule has 0 fully saturated rings. The van der Waals surface area contributed by atoms with Crippen LogP contribution in [0.1, 0.15) is 11.1 Å². The van der Waals surface area contributed by atoms with Crippen molar-refractivity contribution in [2.24, 2.45) is 5.92 Å². The van der Waals surface area contributed by atoms with Gasteiger partial charge in [0.05, 0.1) is 5.92 Å². The molecular formula is C18H20N2O2. The van der Waals surface area contributed by atoms with Crippen molar-refractivity contribution in [2.75, 3.05) is 19.0 Å². The van der Waals surface area contributed by atoms with E-state index in [1.165, 1.54) is 0 Å².